The minimum absolute atomic E-state index is 0.178. The SMILES string of the molecule is NC(=O)c1ccc(F)c(NCc2cc(Cl)ccc2Cl)c1. The second kappa shape index (κ2) is 6.11. The Morgan fingerprint density at radius 1 is 1.20 bits per heavy atom. The van der Waals surface area contributed by atoms with E-state index in [0.717, 1.165) is 5.56 Å². The molecule has 2 aromatic rings. The van der Waals surface area contributed by atoms with Crippen LogP contribution in [0, 0.1) is 5.82 Å². The number of hydrogen-bond donors (Lipinski definition) is 2. The molecular formula is C14H11Cl2FN2O. The van der Waals surface area contributed by atoms with Crippen molar-refractivity contribution in [3.8, 4) is 0 Å². The molecule has 20 heavy (non-hydrogen) atoms. The Bertz CT molecular complexity index is 662. The molecule has 0 saturated heterocycles. The first-order valence-electron chi connectivity index (χ1n) is 5.74. The molecule has 0 unspecified atom stereocenters. The third kappa shape index (κ3) is 3.40. The molecule has 1 amide bonds. The number of halogens is 3. The van der Waals surface area contributed by atoms with Crippen molar-refractivity contribution in [3.63, 3.8) is 0 Å². The Hall–Kier alpha value is -1.78. The zero-order valence-electron chi connectivity index (χ0n) is 10.3. The molecule has 2 aromatic carbocycles. The molecule has 0 radical (unpaired) electrons. The number of amides is 1. The van der Waals surface area contributed by atoms with Gasteiger partial charge in [-0.05, 0) is 42.0 Å². The molecule has 2 rings (SSSR count). The third-order valence-electron chi connectivity index (χ3n) is 2.73. The zero-order valence-corrected chi connectivity index (χ0v) is 11.8. The Kier molecular flexibility index (Phi) is 4.47. The molecule has 0 aliphatic rings. The molecule has 0 saturated carbocycles. The zero-order chi connectivity index (χ0) is 14.7. The molecule has 0 aliphatic carbocycles. The smallest absolute Gasteiger partial charge is 0.248 e. The van der Waals surface area contributed by atoms with Crippen LogP contribution < -0.4 is 11.1 Å². The Balaban J connectivity index is 2.20. The van der Waals surface area contributed by atoms with Crippen LogP contribution in [0.5, 0.6) is 0 Å². The largest absolute Gasteiger partial charge is 0.379 e. The van der Waals surface area contributed by atoms with Gasteiger partial charge in [-0.2, -0.15) is 0 Å². The molecule has 3 nitrogen and oxygen atoms in total. The van der Waals surface area contributed by atoms with Gasteiger partial charge in [-0.3, -0.25) is 4.79 Å². The average molecular weight is 313 g/mol. The first kappa shape index (κ1) is 14.6. The molecule has 0 spiro atoms. The van der Waals surface area contributed by atoms with Gasteiger partial charge >= 0.3 is 0 Å². The third-order valence-corrected chi connectivity index (χ3v) is 3.33. The van der Waals surface area contributed by atoms with Gasteiger partial charge in [-0.1, -0.05) is 23.2 Å². The maximum absolute atomic E-state index is 13.6. The van der Waals surface area contributed by atoms with Crippen molar-refractivity contribution in [2.24, 2.45) is 5.73 Å². The molecular weight excluding hydrogens is 302 g/mol. The van der Waals surface area contributed by atoms with Gasteiger partial charge in [-0.25, -0.2) is 4.39 Å². The van der Waals surface area contributed by atoms with Crippen LogP contribution in [0.4, 0.5) is 10.1 Å². The number of rotatable bonds is 4. The molecule has 3 N–H and O–H groups in total. The quantitative estimate of drug-likeness (QED) is 0.901. The van der Waals surface area contributed by atoms with E-state index in [0.29, 0.717) is 10.0 Å². The normalized spacial score (nSPS) is 10.3. The number of anilines is 1. The van der Waals surface area contributed by atoms with Crippen LogP contribution in [0.15, 0.2) is 36.4 Å². The summed E-state index contributed by atoms with van der Waals surface area (Å²) in [6.07, 6.45) is 0. The molecule has 6 heteroatoms. The van der Waals surface area contributed by atoms with Crippen LogP contribution in [0.2, 0.25) is 10.0 Å². The van der Waals surface area contributed by atoms with Crippen molar-refractivity contribution in [2.45, 2.75) is 6.54 Å². The lowest BCUT2D eigenvalue weighted by molar-refractivity contribution is 0.100. The standard InChI is InChI=1S/C14H11Cl2FN2O/c15-10-2-3-11(16)9(5-10)7-19-13-6-8(14(18)20)1-4-12(13)17/h1-6,19H,7H2,(H2,18,20). The summed E-state index contributed by atoms with van der Waals surface area (Å²) in [6.45, 7) is 0.276. The highest BCUT2D eigenvalue weighted by Crippen LogP contribution is 2.23. The van der Waals surface area contributed by atoms with Crippen molar-refractivity contribution in [3.05, 3.63) is 63.4 Å². The van der Waals surface area contributed by atoms with Crippen LogP contribution >= 0.6 is 23.2 Å². The predicted molar refractivity (Wildman–Crippen MR) is 78.7 cm³/mol. The van der Waals surface area contributed by atoms with Gasteiger partial charge < -0.3 is 11.1 Å². The van der Waals surface area contributed by atoms with Gasteiger partial charge in [-0.15, -0.1) is 0 Å². The average Bonchev–Trinajstić information content (AvgIpc) is 2.41. The van der Waals surface area contributed by atoms with Crippen LogP contribution in [0.25, 0.3) is 0 Å². The summed E-state index contributed by atoms with van der Waals surface area (Å²) in [5.74, 6) is -1.10. The summed E-state index contributed by atoms with van der Waals surface area (Å²) >= 11 is 11.9. The molecule has 0 bridgehead atoms. The summed E-state index contributed by atoms with van der Waals surface area (Å²) in [7, 11) is 0. The minimum Gasteiger partial charge on any atom is -0.379 e. The van der Waals surface area contributed by atoms with Gasteiger partial charge in [0.15, 0.2) is 0 Å². The van der Waals surface area contributed by atoms with E-state index in [9.17, 15) is 9.18 Å². The van der Waals surface area contributed by atoms with E-state index < -0.39 is 11.7 Å². The van der Waals surface area contributed by atoms with Crippen LogP contribution in [0.3, 0.4) is 0 Å². The lowest BCUT2D eigenvalue weighted by Crippen LogP contribution is -2.12. The maximum Gasteiger partial charge on any atom is 0.248 e. The molecule has 0 atom stereocenters. The lowest BCUT2D eigenvalue weighted by atomic mass is 10.1. The van der Waals surface area contributed by atoms with E-state index >= 15 is 0 Å². The minimum atomic E-state index is -0.617. The van der Waals surface area contributed by atoms with Crippen LogP contribution in [0.1, 0.15) is 15.9 Å². The predicted octanol–water partition coefficient (Wildman–Crippen LogP) is 3.84. The number of primary amides is 1. The van der Waals surface area contributed by atoms with Crippen molar-refractivity contribution in [1.82, 2.24) is 0 Å². The first-order valence-corrected chi connectivity index (χ1v) is 6.50. The second-order valence-electron chi connectivity index (χ2n) is 4.15. The second-order valence-corrected chi connectivity index (χ2v) is 4.99. The van der Waals surface area contributed by atoms with Crippen molar-refractivity contribution < 1.29 is 9.18 Å². The summed E-state index contributed by atoms with van der Waals surface area (Å²) in [5, 5.41) is 3.93. The fourth-order valence-electron chi connectivity index (χ4n) is 1.68. The molecule has 104 valence electrons. The van der Waals surface area contributed by atoms with E-state index in [2.05, 4.69) is 5.32 Å². The van der Waals surface area contributed by atoms with Gasteiger partial charge in [0.2, 0.25) is 5.91 Å². The van der Waals surface area contributed by atoms with Crippen LogP contribution in [-0.2, 0) is 6.54 Å². The van der Waals surface area contributed by atoms with E-state index in [1.807, 2.05) is 0 Å². The topological polar surface area (TPSA) is 55.1 Å². The van der Waals surface area contributed by atoms with Crippen molar-refractivity contribution >= 4 is 34.8 Å². The van der Waals surface area contributed by atoms with E-state index in [1.54, 1.807) is 18.2 Å². The van der Waals surface area contributed by atoms with Crippen molar-refractivity contribution in [2.75, 3.05) is 5.32 Å². The van der Waals surface area contributed by atoms with Crippen LogP contribution in [-0.4, -0.2) is 5.91 Å². The number of nitrogens with one attached hydrogen (secondary N) is 1. The summed E-state index contributed by atoms with van der Waals surface area (Å²) in [6, 6.07) is 8.89. The number of carbonyl (C=O) groups is 1. The van der Waals surface area contributed by atoms with Crippen molar-refractivity contribution in [1.29, 1.82) is 0 Å². The Morgan fingerprint density at radius 2 is 1.95 bits per heavy atom. The Morgan fingerprint density at radius 3 is 2.65 bits per heavy atom. The molecule has 0 heterocycles. The van der Waals surface area contributed by atoms with Gasteiger partial charge in [0.05, 0.1) is 5.69 Å². The molecule has 0 aromatic heterocycles. The number of benzene rings is 2. The van der Waals surface area contributed by atoms with E-state index in [1.165, 1.54) is 18.2 Å². The summed E-state index contributed by atoms with van der Waals surface area (Å²) in [5.41, 5.74) is 6.29. The number of hydrogen-bond acceptors (Lipinski definition) is 2. The monoisotopic (exact) mass is 312 g/mol. The highest BCUT2D eigenvalue weighted by molar-refractivity contribution is 6.33. The lowest BCUT2D eigenvalue weighted by Gasteiger charge is -2.10. The fraction of sp³-hybridized carbons (Fsp3) is 0.0714. The highest BCUT2D eigenvalue weighted by Gasteiger charge is 2.08. The Labute approximate surface area is 125 Å². The van der Waals surface area contributed by atoms with Gasteiger partial charge in [0, 0.05) is 22.2 Å². The van der Waals surface area contributed by atoms with Gasteiger partial charge in [0.25, 0.3) is 0 Å². The molecule has 0 fully saturated rings. The molecule has 0 aliphatic heterocycles. The summed E-state index contributed by atoms with van der Waals surface area (Å²) < 4.78 is 13.6. The fourth-order valence-corrected chi connectivity index (χ4v) is 2.06. The van der Waals surface area contributed by atoms with Gasteiger partial charge in [0.1, 0.15) is 5.82 Å². The van der Waals surface area contributed by atoms with E-state index in [4.69, 9.17) is 28.9 Å². The van der Waals surface area contributed by atoms with E-state index in [-0.39, 0.29) is 17.8 Å². The maximum atomic E-state index is 13.6. The first-order chi connectivity index (χ1) is 9.47. The highest BCUT2D eigenvalue weighted by atomic mass is 35.5. The summed E-state index contributed by atoms with van der Waals surface area (Å²) in [4.78, 5) is 11.1. The number of carbonyl (C=O) groups excluding carboxylic acids is 1. The number of nitrogens with two attached hydrogens (primary N) is 1.